The van der Waals surface area contributed by atoms with Gasteiger partial charge in [0.1, 0.15) is 24.4 Å². The minimum atomic E-state index is -1.56. The van der Waals surface area contributed by atoms with Crippen molar-refractivity contribution < 1.29 is 39.8 Å². The smallest absolute Gasteiger partial charge is 0.220 e. The van der Waals surface area contributed by atoms with Gasteiger partial charge in [-0.1, -0.05) is 203 Å². The molecular formula is C52H93NO8. The maximum absolute atomic E-state index is 13.0. The molecule has 1 aliphatic rings. The topological polar surface area (TPSA) is 149 Å². The van der Waals surface area contributed by atoms with Crippen molar-refractivity contribution in [2.75, 3.05) is 13.2 Å². The molecule has 1 saturated heterocycles. The average molecular weight is 860 g/mol. The summed E-state index contributed by atoms with van der Waals surface area (Å²) in [5.74, 6) is -0.176. The predicted octanol–water partition coefficient (Wildman–Crippen LogP) is 11.2. The van der Waals surface area contributed by atoms with Gasteiger partial charge in [0.15, 0.2) is 6.29 Å². The van der Waals surface area contributed by atoms with Gasteiger partial charge in [-0.25, -0.2) is 0 Å². The third kappa shape index (κ3) is 32.2. The van der Waals surface area contributed by atoms with Crippen molar-refractivity contribution in [1.82, 2.24) is 5.32 Å². The van der Waals surface area contributed by atoms with Crippen LogP contribution < -0.4 is 5.32 Å². The molecule has 1 rings (SSSR count). The molecule has 6 N–H and O–H groups in total. The van der Waals surface area contributed by atoms with E-state index in [1.807, 2.05) is 0 Å². The van der Waals surface area contributed by atoms with Crippen LogP contribution in [-0.4, -0.2) is 87.5 Å². The Kier molecular flexibility index (Phi) is 39.1. The van der Waals surface area contributed by atoms with E-state index >= 15 is 0 Å². The van der Waals surface area contributed by atoms with E-state index in [0.29, 0.717) is 12.8 Å². The Labute approximate surface area is 373 Å². The van der Waals surface area contributed by atoms with E-state index < -0.39 is 49.5 Å². The Morgan fingerprint density at radius 3 is 1.49 bits per heavy atom. The number of rotatable bonds is 41. The van der Waals surface area contributed by atoms with Crippen LogP contribution >= 0.6 is 0 Å². The molecule has 0 radical (unpaired) electrons. The number of aliphatic hydroxyl groups excluding tert-OH is 5. The number of carbonyl (C=O) groups is 1. The van der Waals surface area contributed by atoms with Crippen molar-refractivity contribution in [3.63, 3.8) is 0 Å². The van der Waals surface area contributed by atoms with Crippen molar-refractivity contribution in [3.05, 3.63) is 60.8 Å². The van der Waals surface area contributed by atoms with Crippen molar-refractivity contribution in [3.8, 4) is 0 Å². The minimum Gasteiger partial charge on any atom is -0.394 e. The van der Waals surface area contributed by atoms with Crippen LogP contribution in [0.15, 0.2) is 60.8 Å². The number of nitrogens with one attached hydrogen (secondary N) is 1. The Morgan fingerprint density at radius 2 is 1.02 bits per heavy atom. The van der Waals surface area contributed by atoms with Crippen LogP contribution in [0.4, 0.5) is 0 Å². The van der Waals surface area contributed by atoms with E-state index in [9.17, 15) is 30.3 Å². The first-order valence-corrected chi connectivity index (χ1v) is 25.0. The summed E-state index contributed by atoms with van der Waals surface area (Å²) >= 11 is 0. The van der Waals surface area contributed by atoms with E-state index in [1.54, 1.807) is 0 Å². The van der Waals surface area contributed by atoms with Crippen LogP contribution in [0, 0.1) is 0 Å². The third-order valence-corrected chi connectivity index (χ3v) is 11.6. The molecule has 0 aliphatic carbocycles. The van der Waals surface area contributed by atoms with E-state index in [-0.39, 0.29) is 12.5 Å². The second kappa shape index (κ2) is 41.9. The zero-order valence-corrected chi connectivity index (χ0v) is 38.9. The summed E-state index contributed by atoms with van der Waals surface area (Å²) in [7, 11) is 0. The zero-order valence-electron chi connectivity index (χ0n) is 38.9. The first-order chi connectivity index (χ1) is 29.8. The SMILES string of the molecule is CC/C=C\C/C=C\C/C=C\C/C=C\C/C=C\CCCCCC(=O)NC(COC1OC(CO)C(O)C(O)C1O)C(O)CCCCCCCCCCCCCCCCCCCCC. The lowest BCUT2D eigenvalue weighted by molar-refractivity contribution is -0.302. The number of aliphatic hydroxyl groups is 5. The monoisotopic (exact) mass is 860 g/mol. The van der Waals surface area contributed by atoms with Crippen LogP contribution in [0.2, 0.25) is 0 Å². The van der Waals surface area contributed by atoms with Gasteiger partial charge in [0.25, 0.3) is 0 Å². The first-order valence-electron chi connectivity index (χ1n) is 25.0. The summed E-state index contributed by atoms with van der Waals surface area (Å²) in [6.45, 7) is 3.70. The van der Waals surface area contributed by atoms with Gasteiger partial charge in [-0.2, -0.15) is 0 Å². The summed E-state index contributed by atoms with van der Waals surface area (Å²) in [5.41, 5.74) is 0. The van der Waals surface area contributed by atoms with Crippen LogP contribution in [0.25, 0.3) is 0 Å². The van der Waals surface area contributed by atoms with Crippen molar-refractivity contribution >= 4 is 5.91 Å². The Balaban J connectivity index is 2.32. The largest absolute Gasteiger partial charge is 0.394 e. The molecule has 354 valence electrons. The van der Waals surface area contributed by atoms with Gasteiger partial charge in [-0.3, -0.25) is 4.79 Å². The fourth-order valence-corrected chi connectivity index (χ4v) is 7.66. The highest BCUT2D eigenvalue weighted by Gasteiger charge is 2.44. The lowest BCUT2D eigenvalue weighted by Crippen LogP contribution is -2.60. The molecule has 1 fully saturated rings. The molecular weight excluding hydrogens is 767 g/mol. The molecule has 0 spiro atoms. The number of ether oxygens (including phenoxy) is 2. The maximum atomic E-state index is 13.0. The van der Waals surface area contributed by atoms with E-state index in [0.717, 1.165) is 77.0 Å². The minimum absolute atomic E-state index is 0.154. The molecule has 9 nitrogen and oxygen atoms in total. The molecule has 7 unspecified atom stereocenters. The lowest BCUT2D eigenvalue weighted by atomic mass is 9.99. The van der Waals surface area contributed by atoms with Crippen LogP contribution in [0.3, 0.4) is 0 Å². The number of hydrogen-bond donors (Lipinski definition) is 6. The average Bonchev–Trinajstić information content (AvgIpc) is 3.26. The quantitative estimate of drug-likeness (QED) is 0.0263. The number of unbranched alkanes of at least 4 members (excludes halogenated alkanes) is 21. The van der Waals surface area contributed by atoms with Gasteiger partial charge >= 0.3 is 0 Å². The van der Waals surface area contributed by atoms with Crippen LogP contribution in [0.1, 0.15) is 206 Å². The van der Waals surface area contributed by atoms with Crippen LogP contribution in [-0.2, 0) is 14.3 Å². The molecule has 0 aromatic rings. The molecule has 0 aromatic heterocycles. The summed E-state index contributed by atoms with van der Waals surface area (Å²) in [6.07, 6.45) is 48.0. The second-order valence-electron chi connectivity index (χ2n) is 17.2. The molecule has 1 amide bonds. The van der Waals surface area contributed by atoms with Crippen LogP contribution in [0.5, 0.6) is 0 Å². The van der Waals surface area contributed by atoms with Gasteiger partial charge in [0.2, 0.25) is 5.91 Å². The Hall–Kier alpha value is -2.11. The first kappa shape index (κ1) is 56.9. The van der Waals surface area contributed by atoms with Gasteiger partial charge in [0, 0.05) is 6.42 Å². The number of amides is 1. The van der Waals surface area contributed by atoms with Crippen molar-refractivity contribution in [2.24, 2.45) is 0 Å². The van der Waals surface area contributed by atoms with E-state index in [1.165, 1.54) is 103 Å². The fourth-order valence-electron chi connectivity index (χ4n) is 7.66. The van der Waals surface area contributed by atoms with Gasteiger partial charge in [0.05, 0.1) is 25.4 Å². The molecule has 61 heavy (non-hydrogen) atoms. The Bertz CT molecular complexity index is 1140. The summed E-state index contributed by atoms with van der Waals surface area (Å²) < 4.78 is 11.3. The highest BCUT2D eigenvalue weighted by Crippen LogP contribution is 2.23. The van der Waals surface area contributed by atoms with Gasteiger partial charge in [-0.05, 0) is 57.8 Å². The zero-order chi connectivity index (χ0) is 44.4. The molecule has 0 aromatic carbocycles. The maximum Gasteiger partial charge on any atom is 0.220 e. The molecule has 7 atom stereocenters. The molecule has 1 heterocycles. The van der Waals surface area contributed by atoms with Crippen molar-refractivity contribution in [2.45, 2.75) is 249 Å². The van der Waals surface area contributed by atoms with E-state index in [4.69, 9.17) is 9.47 Å². The third-order valence-electron chi connectivity index (χ3n) is 11.6. The Morgan fingerprint density at radius 1 is 0.574 bits per heavy atom. The second-order valence-corrected chi connectivity index (χ2v) is 17.2. The summed E-state index contributed by atoms with van der Waals surface area (Å²) in [4.78, 5) is 13.0. The normalized spacial score (nSPS) is 20.9. The van der Waals surface area contributed by atoms with Gasteiger partial charge < -0.3 is 40.3 Å². The number of allylic oxidation sites excluding steroid dienone is 10. The number of hydrogen-bond acceptors (Lipinski definition) is 8. The van der Waals surface area contributed by atoms with E-state index in [2.05, 4.69) is 79.9 Å². The summed E-state index contributed by atoms with van der Waals surface area (Å²) in [5, 5.41) is 54.5. The number of carbonyl (C=O) groups excluding carboxylic acids is 1. The van der Waals surface area contributed by atoms with Gasteiger partial charge in [-0.15, -0.1) is 0 Å². The fraction of sp³-hybridized carbons (Fsp3) is 0.788. The van der Waals surface area contributed by atoms with Crippen molar-refractivity contribution in [1.29, 1.82) is 0 Å². The molecule has 0 saturated carbocycles. The molecule has 0 bridgehead atoms. The summed E-state index contributed by atoms with van der Waals surface area (Å²) in [6, 6.07) is -0.739. The highest BCUT2D eigenvalue weighted by atomic mass is 16.7. The molecule has 9 heteroatoms. The predicted molar refractivity (Wildman–Crippen MR) is 253 cm³/mol. The molecule has 1 aliphatic heterocycles. The lowest BCUT2D eigenvalue weighted by Gasteiger charge is -2.40. The highest BCUT2D eigenvalue weighted by molar-refractivity contribution is 5.76. The standard InChI is InChI=1S/C52H93NO8/c1-3-5-7-9-11-13-15-17-19-21-23-25-27-29-31-33-35-37-39-41-46(55)45(44-60-52-51(59)50(58)49(57)47(43-54)61-52)53-48(56)42-40-38-36-34-32-30-28-26-24-22-20-18-16-14-12-10-8-6-4-2/h6,8,12,14,18,20,24,26,30,32,45-47,49-52,54-55,57-59H,3-5,7,9-11,13,15-17,19,21-23,25,27-29,31,33-44H2,1-2H3,(H,53,56)/b8-6-,14-12-,20-18-,26-24-,32-30-.